The lowest BCUT2D eigenvalue weighted by Crippen LogP contribution is -2.06. The third-order valence-electron chi connectivity index (χ3n) is 2.02. The zero-order valence-corrected chi connectivity index (χ0v) is 7.62. The number of rotatable bonds is 3. The van der Waals surface area contributed by atoms with Gasteiger partial charge in [0, 0.05) is 6.61 Å². The van der Waals surface area contributed by atoms with Crippen molar-refractivity contribution in [2.75, 3.05) is 13.7 Å². The number of ether oxygens (including phenoxy) is 1. The Hall–Kier alpha value is -0.940. The maximum Gasteiger partial charge on any atom is 0.255 e. The lowest BCUT2D eigenvalue weighted by atomic mass is 10.2. The maximum atomic E-state index is 5.41. The molecule has 5 heteroatoms. The molecule has 0 radical (unpaired) electrons. The third-order valence-corrected chi connectivity index (χ3v) is 2.02. The summed E-state index contributed by atoms with van der Waals surface area (Å²) in [6, 6.07) is 0. The van der Waals surface area contributed by atoms with Crippen LogP contribution in [0.3, 0.4) is 0 Å². The highest BCUT2D eigenvalue weighted by Gasteiger charge is 2.23. The van der Waals surface area contributed by atoms with E-state index in [1.54, 1.807) is 0 Å². The highest BCUT2D eigenvalue weighted by Crippen LogP contribution is 2.26. The Morgan fingerprint density at radius 3 is 3.23 bits per heavy atom. The predicted molar refractivity (Wildman–Crippen MR) is 45.0 cm³/mol. The fourth-order valence-electron chi connectivity index (χ4n) is 1.40. The van der Waals surface area contributed by atoms with E-state index in [0.717, 1.165) is 19.4 Å². The first kappa shape index (κ1) is 8.65. The summed E-state index contributed by atoms with van der Waals surface area (Å²) in [7, 11) is 1.85. The van der Waals surface area contributed by atoms with Gasteiger partial charge in [-0.2, -0.15) is 4.98 Å². The second kappa shape index (κ2) is 3.85. The van der Waals surface area contributed by atoms with Crippen molar-refractivity contribution >= 4 is 0 Å². The van der Waals surface area contributed by atoms with Gasteiger partial charge in [0.05, 0.1) is 6.54 Å². The summed E-state index contributed by atoms with van der Waals surface area (Å²) in [5.41, 5.74) is 0. The molecule has 72 valence electrons. The van der Waals surface area contributed by atoms with Crippen LogP contribution >= 0.6 is 0 Å². The van der Waals surface area contributed by atoms with Gasteiger partial charge in [0.15, 0.2) is 5.82 Å². The third kappa shape index (κ3) is 1.87. The highest BCUT2D eigenvalue weighted by atomic mass is 16.5. The number of hydrogen-bond donors (Lipinski definition) is 1. The minimum absolute atomic E-state index is 0.0260. The van der Waals surface area contributed by atoms with Gasteiger partial charge < -0.3 is 14.6 Å². The lowest BCUT2D eigenvalue weighted by Gasteiger charge is -2.00. The molecule has 0 amide bonds. The fourth-order valence-corrected chi connectivity index (χ4v) is 1.40. The molecule has 1 N–H and O–H groups in total. The SMILES string of the molecule is CNCc1noc([C@H]2CCCO2)n1. The summed E-state index contributed by atoms with van der Waals surface area (Å²) in [6.07, 6.45) is 2.09. The topological polar surface area (TPSA) is 60.2 Å². The average Bonchev–Trinajstić information content (AvgIpc) is 2.70. The van der Waals surface area contributed by atoms with E-state index in [1.807, 2.05) is 7.05 Å². The first-order valence-corrected chi connectivity index (χ1v) is 4.49. The van der Waals surface area contributed by atoms with Crippen molar-refractivity contribution in [3.05, 3.63) is 11.7 Å². The number of aromatic nitrogens is 2. The smallest absolute Gasteiger partial charge is 0.255 e. The molecule has 2 heterocycles. The van der Waals surface area contributed by atoms with Crippen LogP contribution in [-0.4, -0.2) is 23.8 Å². The molecule has 2 rings (SSSR count). The van der Waals surface area contributed by atoms with Crippen LogP contribution < -0.4 is 5.32 Å². The van der Waals surface area contributed by atoms with Gasteiger partial charge in [0.2, 0.25) is 0 Å². The van der Waals surface area contributed by atoms with Gasteiger partial charge in [0.1, 0.15) is 6.10 Å². The highest BCUT2D eigenvalue weighted by molar-refractivity contribution is 4.91. The van der Waals surface area contributed by atoms with E-state index in [1.165, 1.54) is 0 Å². The molecular formula is C8H13N3O2. The van der Waals surface area contributed by atoms with Crippen LogP contribution in [0.15, 0.2) is 4.52 Å². The lowest BCUT2D eigenvalue weighted by molar-refractivity contribution is 0.0835. The van der Waals surface area contributed by atoms with Crippen molar-refractivity contribution in [1.82, 2.24) is 15.5 Å². The zero-order valence-electron chi connectivity index (χ0n) is 7.62. The van der Waals surface area contributed by atoms with Crippen LogP contribution in [0.4, 0.5) is 0 Å². The summed E-state index contributed by atoms with van der Waals surface area (Å²) in [5.74, 6) is 1.30. The molecule has 13 heavy (non-hydrogen) atoms. The molecule has 1 aliphatic heterocycles. The van der Waals surface area contributed by atoms with Crippen molar-refractivity contribution in [1.29, 1.82) is 0 Å². The molecule has 1 aromatic rings. The average molecular weight is 183 g/mol. The molecule has 0 aromatic carbocycles. The van der Waals surface area contributed by atoms with Crippen molar-refractivity contribution in [3.8, 4) is 0 Å². The van der Waals surface area contributed by atoms with E-state index in [2.05, 4.69) is 15.5 Å². The van der Waals surface area contributed by atoms with Gasteiger partial charge in [-0.25, -0.2) is 0 Å². The fraction of sp³-hybridized carbons (Fsp3) is 0.750. The van der Waals surface area contributed by atoms with Crippen LogP contribution in [0.25, 0.3) is 0 Å². The Balaban J connectivity index is 2.03. The van der Waals surface area contributed by atoms with E-state index < -0.39 is 0 Å². The molecule has 0 bridgehead atoms. The zero-order chi connectivity index (χ0) is 9.10. The Morgan fingerprint density at radius 2 is 2.54 bits per heavy atom. The van der Waals surface area contributed by atoms with Crippen LogP contribution in [0.2, 0.25) is 0 Å². The van der Waals surface area contributed by atoms with Crippen LogP contribution in [-0.2, 0) is 11.3 Å². The molecule has 0 saturated carbocycles. The summed E-state index contributed by atoms with van der Waals surface area (Å²) >= 11 is 0. The molecule has 0 aliphatic carbocycles. The molecule has 1 saturated heterocycles. The monoisotopic (exact) mass is 183 g/mol. The Labute approximate surface area is 76.5 Å². The van der Waals surface area contributed by atoms with Gasteiger partial charge in [-0.05, 0) is 19.9 Å². The largest absolute Gasteiger partial charge is 0.368 e. The number of hydrogen-bond acceptors (Lipinski definition) is 5. The molecule has 1 aromatic heterocycles. The van der Waals surface area contributed by atoms with Crippen molar-refractivity contribution < 1.29 is 9.26 Å². The summed E-state index contributed by atoms with van der Waals surface area (Å²) < 4.78 is 10.5. The maximum absolute atomic E-state index is 5.41. The summed E-state index contributed by atoms with van der Waals surface area (Å²) in [4.78, 5) is 4.22. The summed E-state index contributed by atoms with van der Waals surface area (Å²) in [5, 5.41) is 6.78. The molecule has 0 unspecified atom stereocenters. The van der Waals surface area contributed by atoms with Crippen molar-refractivity contribution in [2.45, 2.75) is 25.5 Å². The van der Waals surface area contributed by atoms with E-state index >= 15 is 0 Å². The number of nitrogens with one attached hydrogen (secondary N) is 1. The van der Waals surface area contributed by atoms with E-state index in [9.17, 15) is 0 Å². The van der Waals surface area contributed by atoms with Gasteiger partial charge in [0.25, 0.3) is 5.89 Å². The summed E-state index contributed by atoms with van der Waals surface area (Å²) in [6.45, 7) is 1.44. The van der Waals surface area contributed by atoms with E-state index in [-0.39, 0.29) is 6.10 Å². The van der Waals surface area contributed by atoms with Gasteiger partial charge in [-0.15, -0.1) is 0 Å². The van der Waals surface area contributed by atoms with Crippen LogP contribution in [0.5, 0.6) is 0 Å². The molecular weight excluding hydrogens is 170 g/mol. The quantitative estimate of drug-likeness (QED) is 0.745. The first-order valence-electron chi connectivity index (χ1n) is 4.49. The Bertz CT molecular complexity index is 268. The minimum atomic E-state index is 0.0260. The molecule has 1 aliphatic rings. The van der Waals surface area contributed by atoms with Crippen molar-refractivity contribution in [2.24, 2.45) is 0 Å². The van der Waals surface area contributed by atoms with Crippen molar-refractivity contribution in [3.63, 3.8) is 0 Å². The predicted octanol–water partition coefficient (Wildman–Crippen LogP) is 0.640. The molecule has 1 fully saturated rings. The number of nitrogens with zero attached hydrogens (tertiary/aromatic N) is 2. The Kier molecular flexibility index (Phi) is 2.56. The van der Waals surface area contributed by atoms with E-state index in [0.29, 0.717) is 18.3 Å². The molecule has 0 spiro atoms. The normalized spacial score (nSPS) is 22.4. The molecule has 5 nitrogen and oxygen atoms in total. The minimum Gasteiger partial charge on any atom is -0.368 e. The Morgan fingerprint density at radius 1 is 1.62 bits per heavy atom. The second-order valence-electron chi connectivity index (χ2n) is 3.08. The van der Waals surface area contributed by atoms with Crippen LogP contribution in [0, 0.1) is 0 Å². The van der Waals surface area contributed by atoms with Crippen LogP contribution in [0.1, 0.15) is 30.7 Å². The van der Waals surface area contributed by atoms with E-state index in [4.69, 9.17) is 9.26 Å². The second-order valence-corrected chi connectivity index (χ2v) is 3.08. The first-order chi connectivity index (χ1) is 6.40. The van der Waals surface area contributed by atoms with Gasteiger partial charge >= 0.3 is 0 Å². The van der Waals surface area contributed by atoms with Gasteiger partial charge in [-0.1, -0.05) is 5.16 Å². The standard InChI is InChI=1S/C8H13N3O2/c1-9-5-7-10-8(13-11-7)6-3-2-4-12-6/h6,9H,2-5H2,1H3/t6-/m1/s1. The van der Waals surface area contributed by atoms with Gasteiger partial charge in [-0.3, -0.25) is 0 Å². The molecule has 1 atom stereocenters.